The van der Waals surface area contributed by atoms with Crippen molar-refractivity contribution in [2.24, 2.45) is 0 Å². The fourth-order valence-corrected chi connectivity index (χ4v) is 2.94. The van der Waals surface area contributed by atoms with Gasteiger partial charge in [0.05, 0.1) is 4.90 Å². The van der Waals surface area contributed by atoms with Gasteiger partial charge < -0.3 is 5.32 Å². The molecule has 1 aromatic rings. The Balaban J connectivity index is 3.22. The lowest BCUT2D eigenvalue weighted by molar-refractivity contribution is 0.519. The van der Waals surface area contributed by atoms with Crippen molar-refractivity contribution >= 4 is 10.0 Å². The van der Waals surface area contributed by atoms with Crippen LogP contribution in [0.3, 0.4) is 0 Å². The molecule has 0 aliphatic heterocycles. The fraction of sp³-hybridized carbons (Fsp3) is 0.538. The molecule has 0 aromatic heterocycles. The van der Waals surface area contributed by atoms with Crippen molar-refractivity contribution in [3.63, 3.8) is 0 Å². The molecular weight excluding hydrogens is 248 g/mol. The number of hydrogen-bond acceptors (Lipinski definition) is 3. The molecule has 0 aliphatic carbocycles. The quantitative estimate of drug-likeness (QED) is 0.854. The van der Waals surface area contributed by atoms with Gasteiger partial charge in [-0.25, -0.2) is 12.7 Å². The first kappa shape index (κ1) is 15.1. The summed E-state index contributed by atoms with van der Waals surface area (Å²) in [7, 11) is -0.239. The van der Waals surface area contributed by atoms with Crippen LogP contribution in [0.1, 0.15) is 25.0 Å². The van der Waals surface area contributed by atoms with Gasteiger partial charge in [0.2, 0.25) is 10.0 Å². The maximum atomic E-state index is 12.2. The summed E-state index contributed by atoms with van der Waals surface area (Å²) in [5.74, 6) is 0. The van der Waals surface area contributed by atoms with Crippen molar-refractivity contribution in [3.05, 3.63) is 29.3 Å². The largest absolute Gasteiger partial charge is 0.313 e. The lowest BCUT2D eigenvalue weighted by Gasteiger charge is -2.16. The van der Waals surface area contributed by atoms with Crippen LogP contribution in [0.5, 0.6) is 0 Å². The van der Waals surface area contributed by atoms with E-state index in [2.05, 4.69) is 5.32 Å². The molecule has 102 valence electrons. The summed E-state index contributed by atoms with van der Waals surface area (Å²) in [4.78, 5) is 0.422. The summed E-state index contributed by atoms with van der Waals surface area (Å²) in [6.07, 6.45) is 0.712. The average molecular weight is 270 g/mol. The SMILES string of the molecule is CCNCc1ccc(CC)c(S(=O)(=O)N(C)C)c1. The van der Waals surface area contributed by atoms with Gasteiger partial charge in [0.1, 0.15) is 0 Å². The fourth-order valence-electron chi connectivity index (χ4n) is 1.71. The average Bonchev–Trinajstić information content (AvgIpc) is 2.35. The predicted molar refractivity (Wildman–Crippen MR) is 74.1 cm³/mol. The molecule has 0 saturated heterocycles. The Hall–Kier alpha value is -0.910. The highest BCUT2D eigenvalue weighted by Crippen LogP contribution is 2.21. The van der Waals surface area contributed by atoms with E-state index in [-0.39, 0.29) is 0 Å². The van der Waals surface area contributed by atoms with Crippen molar-refractivity contribution < 1.29 is 8.42 Å². The van der Waals surface area contributed by atoms with Crippen LogP contribution in [0.2, 0.25) is 0 Å². The van der Waals surface area contributed by atoms with Gasteiger partial charge in [0.25, 0.3) is 0 Å². The summed E-state index contributed by atoms with van der Waals surface area (Å²) >= 11 is 0. The Morgan fingerprint density at radius 2 is 1.89 bits per heavy atom. The van der Waals surface area contributed by atoms with Gasteiger partial charge >= 0.3 is 0 Å². The molecule has 0 bridgehead atoms. The Labute approximate surface area is 110 Å². The monoisotopic (exact) mass is 270 g/mol. The van der Waals surface area contributed by atoms with E-state index in [9.17, 15) is 8.42 Å². The highest BCUT2D eigenvalue weighted by Gasteiger charge is 2.20. The molecule has 0 atom stereocenters. The molecule has 1 aromatic carbocycles. The van der Waals surface area contributed by atoms with Gasteiger partial charge in [0, 0.05) is 20.6 Å². The van der Waals surface area contributed by atoms with Crippen LogP contribution >= 0.6 is 0 Å². The Kier molecular flexibility index (Phi) is 5.31. The van der Waals surface area contributed by atoms with Crippen LogP contribution in [0.4, 0.5) is 0 Å². The van der Waals surface area contributed by atoms with Crippen molar-refractivity contribution in [2.45, 2.75) is 31.7 Å². The second-order valence-electron chi connectivity index (χ2n) is 4.36. The smallest absolute Gasteiger partial charge is 0.242 e. The van der Waals surface area contributed by atoms with Crippen molar-refractivity contribution in [2.75, 3.05) is 20.6 Å². The topological polar surface area (TPSA) is 49.4 Å². The number of rotatable bonds is 6. The van der Waals surface area contributed by atoms with Crippen LogP contribution in [0.25, 0.3) is 0 Å². The number of nitrogens with one attached hydrogen (secondary N) is 1. The Morgan fingerprint density at radius 3 is 2.39 bits per heavy atom. The lowest BCUT2D eigenvalue weighted by atomic mass is 10.1. The van der Waals surface area contributed by atoms with Crippen molar-refractivity contribution in [1.29, 1.82) is 0 Å². The molecule has 1 rings (SSSR count). The first-order valence-corrected chi connectivity index (χ1v) is 7.62. The standard InChI is InChI=1S/C13H22N2O2S/c1-5-12-8-7-11(10-14-6-2)9-13(12)18(16,17)15(3)4/h7-9,14H,5-6,10H2,1-4H3. The van der Waals surface area contributed by atoms with E-state index in [1.807, 2.05) is 26.0 Å². The van der Waals surface area contributed by atoms with E-state index in [0.717, 1.165) is 17.7 Å². The van der Waals surface area contributed by atoms with Crippen LogP contribution in [0.15, 0.2) is 23.1 Å². The minimum absolute atomic E-state index is 0.422. The molecule has 0 amide bonds. The molecule has 0 heterocycles. The summed E-state index contributed by atoms with van der Waals surface area (Å²) in [5, 5.41) is 3.20. The van der Waals surface area contributed by atoms with Crippen LogP contribution in [-0.4, -0.2) is 33.4 Å². The second kappa shape index (κ2) is 6.31. The molecule has 1 N–H and O–H groups in total. The van der Waals surface area contributed by atoms with Crippen LogP contribution in [0, 0.1) is 0 Å². The maximum Gasteiger partial charge on any atom is 0.242 e. The van der Waals surface area contributed by atoms with E-state index >= 15 is 0 Å². The van der Waals surface area contributed by atoms with Crippen LogP contribution < -0.4 is 5.32 Å². The Bertz CT molecular complexity index is 496. The molecule has 0 radical (unpaired) electrons. The summed E-state index contributed by atoms with van der Waals surface area (Å²) in [6.45, 7) is 5.55. The number of aryl methyl sites for hydroxylation is 1. The molecule has 5 heteroatoms. The van der Waals surface area contributed by atoms with E-state index < -0.39 is 10.0 Å². The van der Waals surface area contributed by atoms with E-state index in [1.54, 1.807) is 20.2 Å². The third-order valence-corrected chi connectivity index (χ3v) is 4.75. The molecule has 0 unspecified atom stereocenters. The summed E-state index contributed by atoms with van der Waals surface area (Å²) < 4.78 is 25.7. The number of hydrogen-bond donors (Lipinski definition) is 1. The first-order chi connectivity index (χ1) is 8.43. The zero-order chi connectivity index (χ0) is 13.8. The lowest BCUT2D eigenvalue weighted by Crippen LogP contribution is -2.24. The molecular formula is C13H22N2O2S. The van der Waals surface area contributed by atoms with E-state index in [0.29, 0.717) is 17.9 Å². The summed E-state index contributed by atoms with van der Waals surface area (Å²) in [6, 6.07) is 5.66. The second-order valence-corrected chi connectivity index (χ2v) is 6.48. The maximum absolute atomic E-state index is 12.2. The molecule has 0 spiro atoms. The zero-order valence-electron chi connectivity index (χ0n) is 11.5. The zero-order valence-corrected chi connectivity index (χ0v) is 12.3. The van der Waals surface area contributed by atoms with Gasteiger partial charge in [-0.2, -0.15) is 0 Å². The molecule has 4 nitrogen and oxygen atoms in total. The van der Waals surface area contributed by atoms with Gasteiger partial charge in [-0.05, 0) is 30.2 Å². The molecule has 0 fully saturated rings. The van der Waals surface area contributed by atoms with Gasteiger partial charge in [-0.15, -0.1) is 0 Å². The molecule has 0 aliphatic rings. The molecule has 18 heavy (non-hydrogen) atoms. The normalized spacial score (nSPS) is 12.1. The van der Waals surface area contributed by atoms with Gasteiger partial charge in [0.15, 0.2) is 0 Å². The van der Waals surface area contributed by atoms with Gasteiger partial charge in [-0.1, -0.05) is 26.0 Å². The van der Waals surface area contributed by atoms with Crippen molar-refractivity contribution in [3.8, 4) is 0 Å². The minimum Gasteiger partial charge on any atom is -0.313 e. The predicted octanol–water partition coefficient (Wildman–Crippen LogP) is 1.61. The molecule has 0 saturated carbocycles. The van der Waals surface area contributed by atoms with Crippen molar-refractivity contribution in [1.82, 2.24) is 9.62 Å². The van der Waals surface area contributed by atoms with Crippen LogP contribution in [-0.2, 0) is 23.0 Å². The number of nitrogens with zero attached hydrogens (tertiary/aromatic N) is 1. The van der Waals surface area contributed by atoms with Gasteiger partial charge in [-0.3, -0.25) is 0 Å². The highest BCUT2D eigenvalue weighted by molar-refractivity contribution is 7.89. The number of sulfonamides is 1. The Morgan fingerprint density at radius 1 is 1.22 bits per heavy atom. The van der Waals surface area contributed by atoms with E-state index in [1.165, 1.54) is 4.31 Å². The minimum atomic E-state index is -3.36. The third kappa shape index (κ3) is 3.31. The highest BCUT2D eigenvalue weighted by atomic mass is 32.2. The summed E-state index contributed by atoms with van der Waals surface area (Å²) in [5.41, 5.74) is 1.86. The third-order valence-electron chi connectivity index (χ3n) is 2.85. The number of benzene rings is 1. The first-order valence-electron chi connectivity index (χ1n) is 6.18. The van der Waals surface area contributed by atoms with E-state index in [4.69, 9.17) is 0 Å².